The van der Waals surface area contributed by atoms with Gasteiger partial charge in [0.2, 0.25) is 0 Å². The lowest BCUT2D eigenvalue weighted by Gasteiger charge is -2.11. The number of hydrogen-bond donors (Lipinski definition) is 1. The molecule has 20 heavy (non-hydrogen) atoms. The molecule has 0 aromatic rings. The number of allylic oxidation sites excluding steroid dienone is 11. The smallest absolute Gasteiger partial charge is 0.117 e. The molecule has 0 bridgehead atoms. The topological polar surface area (TPSA) is 32.6 Å². The fraction of sp³-hybridized carbons (Fsp3) is 0.167. The first-order valence-corrected chi connectivity index (χ1v) is 6.53. The van der Waals surface area contributed by atoms with Gasteiger partial charge in [0.1, 0.15) is 5.71 Å². The first-order chi connectivity index (χ1) is 9.69. The Morgan fingerprint density at radius 1 is 1.10 bits per heavy atom. The number of nitrogens with zero attached hydrogens (tertiary/aromatic N) is 1. The Morgan fingerprint density at radius 2 is 1.70 bits per heavy atom. The molecule has 0 aliphatic rings. The Balaban J connectivity index is 6.02. The van der Waals surface area contributed by atoms with E-state index in [2.05, 4.69) is 24.9 Å². The fourth-order valence-electron chi connectivity index (χ4n) is 1.74. The molecule has 0 spiro atoms. The minimum atomic E-state index is 0.484. The zero-order valence-corrected chi connectivity index (χ0v) is 12.3. The Morgan fingerprint density at radius 3 is 2.10 bits per heavy atom. The second-order valence-corrected chi connectivity index (χ2v) is 3.89. The van der Waals surface area contributed by atoms with Gasteiger partial charge in [-0.3, -0.25) is 0 Å². The molecule has 0 amide bonds. The van der Waals surface area contributed by atoms with Crippen LogP contribution >= 0.6 is 0 Å². The molecule has 0 saturated heterocycles. The highest BCUT2D eigenvalue weighted by molar-refractivity contribution is 6.16. The largest absolute Gasteiger partial charge is 0.410 e. The third kappa shape index (κ3) is 5.11. The Hall–Kier alpha value is -2.35. The van der Waals surface area contributed by atoms with Gasteiger partial charge in [-0.05, 0) is 18.9 Å². The van der Waals surface area contributed by atoms with Crippen molar-refractivity contribution in [3.8, 4) is 0 Å². The van der Waals surface area contributed by atoms with Gasteiger partial charge in [-0.25, -0.2) is 0 Å². The third-order valence-corrected chi connectivity index (χ3v) is 2.51. The van der Waals surface area contributed by atoms with Crippen LogP contribution < -0.4 is 0 Å². The summed E-state index contributed by atoms with van der Waals surface area (Å²) in [5, 5.41) is 12.9. The van der Waals surface area contributed by atoms with Crippen molar-refractivity contribution in [2.24, 2.45) is 5.16 Å². The highest BCUT2D eigenvalue weighted by Crippen LogP contribution is 2.20. The summed E-state index contributed by atoms with van der Waals surface area (Å²) < 4.78 is 0. The first-order valence-electron chi connectivity index (χ1n) is 6.53. The van der Waals surface area contributed by atoms with Gasteiger partial charge in [-0.15, -0.1) is 0 Å². The van der Waals surface area contributed by atoms with E-state index in [1.807, 2.05) is 38.2 Å². The monoisotopic (exact) mass is 269 g/mol. The summed E-state index contributed by atoms with van der Waals surface area (Å²) in [6.45, 7) is 15.1. The van der Waals surface area contributed by atoms with Crippen LogP contribution in [0.2, 0.25) is 0 Å². The van der Waals surface area contributed by atoms with E-state index < -0.39 is 0 Å². The molecule has 0 radical (unpaired) electrons. The van der Waals surface area contributed by atoms with Gasteiger partial charge in [-0.2, -0.15) is 0 Å². The zero-order valence-electron chi connectivity index (χ0n) is 12.3. The Bertz CT molecular complexity index is 500. The number of oxime groups is 1. The van der Waals surface area contributed by atoms with Crippen molar-refractivity contribution >= 4 is 5.71 Å². The van der Waals surface area contributed by atoms with Crippen molar-refractivity contribution in [1.82, 2.24) is 0 Å². The summed E-state index contributed by atoms with van der Waals surface area (Å²) in [6, 6.07) is 0. The van der Waals surface area contributed by atoms with Crippen LogP contribution in [0.25, 0.3) is 0 Å². The van der Waals surface area contributed by atoms with Crippen molar-refractivity contribution in [1.29, 1.82) is 0 Å². The van der Waals surface area contributed by atoms with Gasteiger partial charge >= 0.3 is 0 Å². The van der Waals surface area contributed by atoms with E-state index in [1.54, 1.807) is 24.3 Å². The maximum absolute atomic E-state index is 9.41. The summed E-state index contributed by atoms with van der Waals surface area (Å²) in [4.78, 5) is 0. The normalized spacial score (nSPS) is 14.5. The molecule has 0 aliphatic heterocycles. The fourth-order valence-corrected chi connectivity index (χ4v) is 1.74. The molecule has 0 saturated carbocycles. The van der Waals surface area contributed by atoms with E-state index in [0.717, 1.165) is 23.1 Å². The second-order valence-electron chi connectivity index (χ2n) is 3.89. The summed E-state index contributed by atoms with van der Waals surface area (Å²) in [5.74, 6) is 0. The van der Waals surface area contributed by atoms with Gasteiger partial charge in [0.15, 0.2) is 0 Å². The number of rotatable bonds is 8. The maximum Gasteiger partial charge on any atom is 0.117 e. The predicted molar refractivity (Wildman–Crippen MR) is 89.2 cm³/mol. The summed E-state index contributed by atoms with van der Waals surface area (Å²) in [7, 11) is 0. The van der Waals surface area contributed by atoms with Crippen molar-refractivity contribution < 1.29 is 5.21 Å². The third-order valence-electron chi connectivity index (χ3n) is 2.51. The van der Waals surface area contributed by atoms with Gasteiger partial charge < -0.3 is 5.21 Å². The Labute approximate surface area is 122 Å². The molecule has 106 valence electrons. The first kappa shape index (κ1) is 17.6. The van der Waals surface area contributed by atoms with Crippen LogP contribution in [-0.2, 0) is 0 Å². The van der Waals surface area contributed by atoms with E-state index in [1.165, 1.54) is 0 Å². The van der Waals surface area contributed by atoms with Crippen molar-refractivity contribution in [2.45, 2.75) is 20.3 Å². The molecule has 0 aromatic heterocycles. The van der Waals surface area contributed by atoms with Crippen LogP contribution in [0.5, 0.6) is 0 Å². The lowest BCUT2D eigenvalue weighted by atomic mass is 9.93. The van der Waals surface area contributed by atoms with Gasteiger partial charge in [0.05, 0.1) is 0 Å². The Kier molecular flexibility index (Phi) is 9.32. The van der Waals surface area contributed by atoms with Crippen LogP contribution in [0.3, 0.4) is 0 Å². The minimum absolute atomic E-state index is 0.484. The molecule has 0 fully saturated rings. The predicted octanol–water partition coefficient (Wildman–Crippen LogP) is 5.14. The molecule has 0 rings (SSSR count). The van der Waals surface area contributed by atoms with E-state index >= 15 is 0 Å². The quantitative estimate of drug-likeness (QED) is 0.281. The maximum atomic E-state index is 9.41. The molecular formula is C18H23NO. The van der Waals surface area contributed by atoms with E-state index in [4.69, 9.17) is 0 Å². The molecule has 0 unspecified atom stereocenters. The minimum Gasteiger partial charge on any atom is -0.410 e. The summed E-state index contributed by atoms with van der Waals surface area (Å²) >= 11 is 0. The summed E-state index contributed by atoms with van der Waals surface area (Å²) in [5.41, 5.74) is 2.93. The van der Waals surface area contributed by atoms with Crippen LogP contribution in [-0.4, -0.2) is 10.9 Å². The molecule has 0 atom stereocenters. The molecule has 2 heteroatoms. The van der Waals surface area contributed by atoms with Crippen molar-refractivity contribution in [2.75, 3.05) is 0 Å². The van der Waals surface area contributed by atoms with Crippen LogP contribution in [0.15, 0.2) is 90.2 Å². The molecular weight excluding hydrogens is 246 g/mol. The van der Waals surface area contributed by atoms with Crippen LogP contribution in [0.1, 0.15) is 20.3 Å². The zero-order chi connectivity index (χ0) is 15.4. The van der Waals surface area contributed by atoms with E-state index in [9.17, 15) is 5.21 Å². The molecule has 0 aromatic carbocycles. The average molecular weight is 269 g/mol. The molecule has 1 N–H and O–H groups in total. The van der Waals surface area contributed by atoms with Gasteiger partial charge in [0, 0.05) is 11.1 Å². The molecule has 0 aliphatic carbocycles. The summed E-state index contributed by atoms with van der Waals surface area (Å²) in [6.07, 6.45) is 15.3. The SMILES string of the molecule is C=C/C=C(\C=C/C)C(=N/O)/C(=C/CC)C(/C=C)=C/C=C. The van der Waals surface area contributed by atoms with E-state index in [-0.39, 0.29) is 0 Å². The highest BCUT2D eigenvalue weighted by Gasteiger charge is 2.13. The lowest BCUT2D eigenvalue weighted by Crippen LogP contribution is -2.08. The van der Waals surface area contributed by atoms with Crippen molar-refractivity contribution in [3.05, 3.63) is 85.1 Å². The highest BCUT2D eigenvalue weighted by atomic mass is 16.4. The van der Waals surface area contributed by atoms with E-state index in [0.29, 0.717) is 5.71 Å². The standard InChI is InChI=1S/C18H23NO/c1-6-11-15(10-5)17(14-9-4)18(19-20)16(12-7-2)13-8-3/h6-8,10-14,20H,1-2,5,9H2,3-4H3/b13-8-,15-11+,16-12+,17-14+,19-18-. The van der Waals surface area contributed by atoms with Crippen LogP contribution in [0.4, 0.5) is 0 Å². The number of hydrogen-bond acceptors (Lipinski definition) is 2. The van der Waals surface area contributed by atoms with Gasteiger partial charge in [-0.1, -0.05) is 80.4 Å². The van der Waals surface area contributed by atoms with Crippen molar-refractivity contribution in [3.63, 3.8) is 0 Å². The molecule has 0 heterocycles. The molecule has 2 nitrogen and oxygen atoms in total. The lowest BCUT2D eigenvalue weighted by molar-refractivity contribution is 0.319. The second kappa shape index (κ2) is 10.6. The van der Waals surface area contributed by atoms with Gasteiger partial charge in [0.25, 0.3) is 0 Å². The average Bonchev–Trinajstić information content (AvgIpc) is 2.45. The van der Waals surface area contributed by atoms with Crippen LogP contribution in [0, 0.1) is 0 Å².